The minimum Gasteiger partial charge on any atom is -0.383 e. The average Bonchev–Trinajstić information content (AvgIpc) is 2.76. The van der Waals surface area contributed by atoms with Crippen molar-refractivity contribution in [3.05, 3.63) is 24.3 Å². The summed E-state index contributed by atoms with van der Waals surface area (Å²) in [5.41, 5.74) is 2.43. The summed E-state index contributed by atoms with van der Waals surface area (Å²) in [6.07, 6.45) is 1.13. The molecule has 0 aliphatic carbocycles. The zero-order chi connectivity index (χ0) is 10.8. The van der Waals surface area contributed by atoms with E-state index in [1.54, 1.807) is 0 Å². The number of anilines is 2. The van der Waals surface area contributed by atoms with E-state index in [-0.39, 0.29) is 0 Å². The maximum absolute atomic E-state index is 4.50. The van der Waals surface area contributed by atoms with Crippen molar-refractivity contribution in [3.63, 3.8) is 0 Å². The van der Waals surface area contributed by atoms with Crippen LogP contribution in [0.1, 0.15) is 6.42 Å². The van der Waals surface area contributed by atoms with E-state index in [2.05, 4.69) is 44.8 Å². The molecule has 2 N–H and O–H groups in total. The molecule has 0 unspecified atom stereocenters. The topological polar surface area (TPSA) is 39.7 Å². The SMILES string of the molecule is c1ccc2c(c1)NCCCN2C1=NCCN1. The second-order valence-electron chi connectivity index (χ2n) is 4.08. The molecule has 0 spiro atoms. The molecule has 2 heterocycles. The minimum atomic E-state index is 0.890. The minimum absolute atomic E-state index is 0.890. The normalized spacial score (nSPS) is 19.2. The summed E-state index contributed by atoms with van der Waals surface area (Å²) < 4.78 is 0. The average molecular weight is 216 g/mol. The zero-order valence-electron chi connectivity index (χ0n) is 9.24. The molecular formula is C12H16N4. The van der Waals surface area contributed by atoms with Crippen LogP contribution in [0.3, 0.4) is 0 Å². The molecule has 4 nitrogen and oxygen atoms in total. The first-order valence-electron chi connectivity index (χ1n) is 5.84. The smallest absolute Gasteiger partial charge is 0.198 e. The summed E-state index contributed by atoms with van der Waals surface area (Å²) in [7, 11) is 0. The molecule has 2 aliphatic heterocycles. The summed E-state index contributed by atoms with van der Waals surface area (Å²) in [6.45, 7) is 3.90. The number of hydrogen-bond donors (Lipinski definition) is 2. The van der Waals surface area contributed by atoms with Crippen molar-refractivity contribution >= 4 is 17.3 Å². The van der Waals surface area contributed by atoms with Gasteiger partial charge in [0.15, 0.2) is 5.96 Å². The number of fused-ring (bicyclic) bond motifs is 1. The Bertz CT molecular complexity index is 413. The van der Waals surface area contributed by atoms with Gasteiger partial charge in [0, 0.05) is 19.6 Å². The molecule has 1 aromatic rings. The van der Waals surface area contributed by atoms with Gasteiger partial charge in [0.1, 0.15) is 0 Å². The molecule has 0 atom stereocenters. The van der Waals surface area contributed by atoms with Crippen LogP contribution in [0, 0.1) is 0 Å². The summed E-state index contributed by atoms with van der Waals surface area (Å²) >= 11 is 0. The lowest BCUT2D eigenvalue weighted by Gasteiger charge is -2.23. The number of benzene rings is 1. The lowest BCUT2D eigenvalue weighted by Crippen LogP contribution is -2.39. The Labute approximate surface area is 95.4 Å². The Morgan fingerprint density at radius 1 is 1.12 bits per heavy atom. The largest absolute Gasteiger partial charge is 0.383 e. The molecule has 1 aromatic carbocycles. The molecule has 0 saturated heterocycles. The highest BCUT2D eigenvalue weighted by Crippen LogP contribution is 2.28. The van der Waals surface area contributed by atoms with Crippen LogP contribution < -0.4 is 15.5 Å². The van der Waals surface area contributed by atoms with Gasteiger partial charge in [-0.1, -0.05) is 12.1 Å². The van der Waals surface area contributed by atoms with Crippen LogP contribution in [0.4, 0.5) is 11.4 Å². The molecule has 0 aromatic heterocycles. The van der Waals surface area contributed by atoms with Crippen LogP contribution >= 0.6 is 0 Å². The molecule has 3 rings (SSSR count). The Balaban J connectivity index is 1.99. The first-order chi connectivity index (χ1) is 7.95. The van der Waals surface area contributed by atoms with E-state index in [4.69, 9.17) is 0 Å². The predicted molar refractivity (Wildman–Crippen MR) is 67.2 cm³/mol. The fourth-order valence-corrected chi connectivity index (χ4v) is 2.23. The van der Waals surface area contributed by atoms with E-state index in [0.29, 0.717) is 0 Å². The van der Waals surface area contributed by atoms with Gasteiger partial charge in [-0.3, -0.25) is 4.99 Å². The number of rotatable bonds is 0. The van der Waals surface area contributed by atoms with Crippen molar-refractivity contribution in [3.8, 4) is 0 Å². The highest BCUT2D eigenvalue weighted by atomic mass is 15.3. The van der Waals surface area contributed by atoms with E-state index in [0.717, 1.165) is 38.6 Å². The second-order valence-corrected chi connectivity index (χ2v) is 4.08. The summed E-state index contributed by atoms with van der Waals surface area (Å²) in [6, 6.07) is 8.42. The number of guanidine groups is 1. The Morgan fingerprint density at radius 2 is 2.06 bits per heavy atom. The molecule has 0 radical (unpaired) electrons. The van der Waals surface area contributed by atoms with Gasteiger partial charge in [-0.2, -0.15) is 0 Å². The van der Waals surface area contributed by atoms with Gasteiger partial charge in [-0.05, 0) is 18.6 Å². The monoisotopic (exact) mass is 216 g/mol. The van der Waals surface area contributed by atoms with E-state index < -0.39 is 0 Å². The molecule has 0 bridgehead atoms. The molecular weight excluding hydrogens is 200 g/mol. The van der Waals surface area contributed by atoms with Gasteiger partial charge in [-0.15, -0.1) is 0 Å². The van der Waals surface area contributed by atoms with Crippen LogP contribution in [0.5, 0.6) is 0 Å². The lowest BCUT2D eigenvalue weighted by molar-refractivity contribution is 0.859. The standard InChI is InChI=1S/C12H16N4/c1-2-5-11-10(4-1)13-6-3-9-16(11)12-14-7-8-15-12/h1-2,4-5,13H,3,6-9H2,(H,14,15). The van der Waals surface area contributed by atoms with Gasteiger partial charge >= 0.3 is 0 Å². The first-order valence-corrected chi connectivity index (χ1v) is 5.84. The summed E-state index contributed by atoms with van der Waals surface area (Å²) in [5, 5.41) is 6.80. The van der Waals surface area contributed by atoms with Gasteiger partial charge in [0.25, 0.3) is 0 Å². The van der Waals surface area contributed by atoms with Crippen molar-refractivity contribution in [1.82, 2.24) is 5.32 Å². The quantitative estimate of drug-likeness (QED) is 0.686. The zero-order valence-corrected chi connectivity index (χ0v) is 9.24. The third-order valence-electron chi connectivity index (χ3n) is 2.98. The first kappa shape index (κ1) is 9.51. The number of nitrogens with zero attached hydrogens (tertiary/aromatic N) is 2. The maximum atomic E-state index is 4.50. The van der Waals surface area contributed by atoms with Crippen molar-refractivity contribution in [2.75, 3.05) is 36.4 Å². The van der Waals surface area contributed by atoms with Crippen LogP contribution in [-0.4, -0.2) is 32.1 Å². The second kappa shape index (κ2) is 4.04. The van der Waals surface area contributed by atoms with Crippen molar-refractivity contribution in [2.24, 2.45) is 4.99 Å². The lowest BCUT2D eigenvalue weighted by atomic mass is 10.2. The molecule has 0 fully saturated rings. The summed E-state index contributed by atoms with van der Waals surface area (Å²) in [4.78, 5) is 6.78. The fourth-order valence-electron chi connectivity index (χ4n) is 2.23. The van der Waals surface area contributed by atoms with Crippen molar-refractivity contribution < 1.29 is 0 Å². The fraction of sp³-hybridized carbons (Fsp3) is 0.417. The Kier molecular flexibility index (Phi) is 2.40. The predicted octanol–water partition coefficient (Wildman–Crippen LogP) is 1.27. The highest BCUT2D eigenvalue weighted by Gasteiger charge is 2.20. The number of para-hydroxylation sites is 2. The van der Waals surface area contributed by atoms with Crippen LogP contribution in [-0.2, 0) is 0 Å². The highest BCUT2D eigenvalue weighted by molar-refractivity contribution is 5.99. The van der Waals surface area contributed by atoms with Crippen molar-refractivity contribution in [1.29, 1.82) is 0 Å². The van der Waals surface area contributed by atoms with Crippen LogP contribution in [0.25, 0.3) is 0 Å². The Morgan fingerprint density at radius 3 is 2.94 bits per heavy atom. The number of aliphatic imine (C=N–C) groups is 1. The van der Waals surface area contributed by atoms with E-state index >= 15 is 0 Å². The molecule has 16 heavy (non-hydrogen) atoms. The maximum Gasteiger partial charge on any atom is 0.198 e. The third-order valence-corrected chi connectivity index (χ3v) is 2.98. The molecule has 0 saturated carbocycles. The molecule has 2 aliphatic rings. The third kappa shape index (κ3) is 1.60. The number of nitrogens with one attached hydrogen (secondary N) is 2. The van der Waals surface area contributed by atoms with E-state index in [1.807, 2.05) is 0 Å². The van der Waals surface area contributed by atoms with Crippen molar-refractivity contribution in [2.45, 2.75) is 6.42 Å². The van der Waals surface area contributed by atoms with Gasteiger partial charge in [-0.25, -0.2) is 0 Å². The molecule has 84 valence electrons. The number of hydrogen-bond acceptors (Lipinski definition) is 4. The molecule has 0 amide bonds. The van der Waals surface area contributed by atoms with Gasteiger partial charge < -0.3 is 15.5 Å². The van der Waals surface area contributed by atoms with Crippen LogP contribution in [0.2, 0.25) is 0 Å². The van der Waals surface area contributed by atoms with Crippen LogP contribution in [0.15, 0.2) is 29.3 Å². The van der Waals surface area contributed by atoms with Gasteiger partial charge in [0.2, 0.25) is 0 Å². The molecule has 4 heteroatoms. The van der Waals surface area contributed by atoms with E-state index in [9.17, 15) is 0 Å². The van der Waals surface area contributed by atoms with E-state index in [1.165, 1.54) is 11.4 Å². The summed E-state index contributed by atoms with van der Waals surface area (Å²) in [5.74, 6) is 1.02. The van der Waals surface area contributed by atoms with Gasteiger partial charge in [0.05, 0.1) is 17.9 Å². The Hall–Kier alpha value is -1.71.